The van der Waals surface area contributed by atoms with E-state index in [1.165, 1.54) is 21.9 Å². The molecule has 4 aromatic rings. The molecule has 0 amide bonds. The summed E-state index contributed by atoms with van der Waals surface area (Å²) in [5.41, 5.74) is 4.69. The fourth-order valence-corrected chi connectivity index (χ4v) is 2.89. The molecule has 23 heavy (non-hydrogen) atoms. The van der Waals surface area contributed by atoms with Crippen molar-refractivity contribution in [1.29, 1.82) is 0 Å². The molecule has 0 fully saturated rings. The van der Waals surface area contributed by atoms with Crippen molar-refractivity contribution >= 4 is 22.1 Å². The van der Waals surface area contributed by atoms with E-state index in [-0.39, 0.29) is 0 Å². The van der Waals surface area contributed by atoms with E-state index in [4.69, 9.17) is 0 Å². The van der Waals surface area contributed by atoms with Crippen LogP contribution in [0.4, 0.5) is 11.4 Å². The highest BCUT2D eigenvalue weighted by Gasteiger charge is 2.06. The first-order valence-corrected chi connectivity index (χ1v) is 7.80. The molecule has 1 heteroatoms. The summed E-state index contributed by atoms with van der Waals surface area (Å²) in [6, 6.07) is 33.8. The molecular formula is C22H17N. The van der Waals surface area contributed by atoms with Gasteiger partial charge in [0.15, 0.2) is 0 Å². The number of hydrogen-bond acceptors (Lipinski definition) is 1. The third-order valence-electron chi connectivity index (χ3n) is 4.02. The Balaban J connectivity index is 1.87. The molecule has 0 saturated heterocycles. The minimum Gasteiger partial charge on any atom is -0.355 e. The van der Waals surface area contributed by atoms with Gasteiger partial charge in [0, 0.05) is 16.8 Å². The van der Waals surface area contributed by atoms with E-state index in [1.54, 1.807) is 0 Å². The van der Waals surface area contributed by atoms with Gasteiger partial charge < -0.3 is 5.32 Å². The molecule has 1 nitrogen and oxygen atoms in total. The van der Waals surface area contributed by atoms with Gasteiger partial charge in [-0.25, -0.2) is 0 Å². The van der Waals surface area contributed by atoms with Crippen molar-refractivity contribution in [2.75, 3.05) is 5.32 Å². The van der Waals surface area contributed by atoms with E-state index in [0.29, 0.717) is 0 Å². The van der Waals surface area contributed by atoms with Crippen LogP contribution >= 0.6 is 0 Å². The maximum Gasteiger partial charge on any atom is 0.0470 e. The second-order valence-corrected chi connectivity index (χ2v) is 5.60. The lowest BCUT2D eigenvalue weighted by atomic mass is 9.99. The molecule has 0 aliphatic carbocycles. The number of hydrogen-bond donors (Lipinski definition) is 1. The van der Waals surface area contributed by atoms with Crippen molar-refractivity contribution in [3.05, 3.63) is 97.1 Å². The Bertz CT molecular complexity index is 928. The molecule has 4 aromatic carbocycles. The molecule has 0 atom stereocenters. The van der Waals surface area contributed by atoms with Crippen LogP contribution < -0.4 is 5.32 Å². The summed E-state index contributed by atoms with van der Waals surface area (Å²) >= 11 is 0. The van der Waals surface area contributed by atoms with Crippen molar-refractivity contribution in [2.24, 2.45) is 0 Å². The molecule has 0 radical (unpaired) electrons. The average Bonchev–Trinajstić information content (AvgIpc) is 2.63. The van der Waals surface area contributed by atoms with Crippen molar-refractivity contribution in [3.8, 4) is 11.1 Å². The van der Waals surface area contributed by atoms with E-state index in [2.05, 4.69) is 78.1 Å². The Morgan fingerprint density at radius 2 is 1.17 bits per heavy atom. The number of benzene rings is 4. The van der Waals surface area contributed by atoms with Crippen molar-refractivity contribution in [1.82, 2.24) is 0 Å². The SMILES string of the molecule is c1ccc(Nc2cc(-c3ccccc3)cc3ccccc23)cc1. The summed E-state index contributed by atoms with van der Waals surface area (Å²) in [7, 11) is 0. The highest BCUT2D eigenvalue weighted by molar-refractivity contribution is 5.99. The van der Waals surface area contributed by atoms with Gasteiger partial charge in [-0.05, 0) is 40.8 Å². The Morgan fingerprint density at radius 1 is 0.522 bits per heavy atom. The molecule has 0 aliphatic rings. The highest BCUT2D eigenvalue weighted by atomic mass is 14.9. The van der Waals surface area contributed by atoms with Crippen LogP contribution in [0.3, 0.4) is 0 Å². The van der Waals surface area contributed by atoms with Gasteiger partial charge in [0.2, 0.25) is 0 Å². The minimum absolute atomic E-state index is 1.10. The standard InChI is InChI=1S/C22H17N/c1-3-9-17(10-4-1)19-15-18-11-7-8-14-21(18)22(16-19)23-20-12-5-2-6-13-20/h1-16,23H. The van der Waals surface area contributed by atoms with Crippen molar-refractivity contribution < 1.29 is 0 Å². The topological polar surface area (TPSA) is 12.0 Å². The number of anilines is 2. The van der Waals surface area contributed by atoms with Crippen molar-refractivity contribution in [2.45, 2.75) is 0 Å². The molecule has 0 heterocycles. The third kappa shape index (κ3) is 2.82. The highest BCUT2D eigenvalue weighted by Crippen LogP contribution is 2.32. The molecule has 0 saturated carbocycles. The van der Waals surface area contributed by atoms with Crippen LogP contribution in [0.25, 0.3) is 21.9 Å². The predicted octanol–water partition coefficient (Wildman–Crippen LogP) is 6.25. The predicted molar refractivity (Wildman–Crippen MR) is 99.1 cm³/mol. The number of para-hydroxylation sites is 1. The summed E-state index contributed by atoms with van der Waals surface area (Å²) in [5.74, 6) is 0. The molecular weight excluding hydrogens is 278 g/mol. The van der Waals surface area contributed by atoms with Crippen LogP contribution in [0, 0.1) is 0 Å². The van der Waals surface area contributed by atoms with Gasteiger partial charge in [-0.1, -0.05) is 72.8 Å². The normalized spacial score (nSPS) is 10.6. The first-order chi connectivity index (χ1) is 11.4. The van der Waals surface area contributed by atoms with Crippen LogP contribution in [0.15, 0.2) is 97.1 Å². The maximum absolute atomic E-state index is 3.56. The maximum atomic E-state index is 3.56. The van der Waals surface area contributed by atoms with E-state index >= 15 is 0 Å². The third-order valence-corrected chi connectivity index (χ3v) is 4.02. The van der Waals surface area contributed by atoms with Crippen LogP contribution in [-0.4, -0.2) is 0 Å². The van der Waals surface area contributed by atoms with E-state index in [1.807, 2.05) is 24.3 Å². The van der Waals surface area contributed by atoms with Gasteiger partial charge in [0.05, 0.1) is 0 Å². The lowest BCUT2D eigenvalue weighted by Gasteiger charge is -2.13. The van der Waals surface area contributed by atoms with Gasteiger partial charge in [-0.2, -0.15) is 0 Å². The summed E-state index contributed by atoms with van der Waals surface area (Å²) in [6.07, 6.45) is 0. The Morgan fingerprint density at radius 3 is 1.96 bits per heavy atom. The molecule has 0 aliphatic heterocycles. The fourth-order valence-electron chi connectivity index (χ4n) is 2.89. The van der Waals surface area contributed by atoms with Crippen LogP contribution in [-0.2, 0) is 0 Å². The summed E-state index contributed by atoms with van der Waals surface area (Å²) < 4.78 is 0. The second kappa shape index (κ2) is 5.98. The van der Waals surface area contributed by atoms with Gasteiger partial charge in [-0.3, -0.25) is 0 Å². The smallest absolute Gasteiger partial charge is 0.0470 e. The van der Waals surface area contributed by atoms with Crippen LogP contribution in [0.5, 0.6) is 0 Å². The number of rotatable bonds is 3. The van der Waals surface area contributed by atoms with E-state index in [9.17, 15) is 0 Å². The first kappa shape index (κ1) is 13.6. The zero-order valence-corrected chi connectivity index (χ0v) is 12.7. The lowest BCUT2D eigenvalue weighted by molar-refractivity contribution is 1.57. The molecule has 0 aromatic heterocycles. The van der Waals surface area contributed by atoms with Gasteiger partial charge in [-0.15, -0.1) is 0 Å². The molecule has 0 bridgehead atoms. The lowest BCUT2D eigenvalue weighted by Crippen LogP contribution is -1.92. The molecule has 4 rings (SSSR count). The summed E-state index contributed by atoms with van der Waals surface area (Å²) in [4.78, 5) is 0. The largest absolute Gasteiger partial charge is 0.355 e. The van der Waals surface area contributed by atoms with Gasteiger partial charge in [0.25, 0.3) is 0 Å². The van der Waals surface area contributed by atoms with Crippen molar-refractivity contribution in [3.63, 3.8) is 0 Å². The van der Waals surface area contributed by atoms with Gasteiger partial charge in [0.1, 0.15) is 0 Å². The Hall–Kier alpha value is -3.06. The molecule has 1 N–H and O–H groups in total. The summed E-state index contributed by atoms with van der Waals surface area (Å²) in [5, 5.41) is 6.03. The Labute approximate surface area is 136 Å². The molecule has 0 spiro atoms. The van der Waals surface area contributed by atoms with E-state index < -0.39 is 0 Å². The Kier molecular flexibility index (Phi) is 3.53. The van der Waals surface area contributed by atoms with E-state index in [0.717, 1.165) is 11.4 Å². The quantitative estimate of drug-likeness (QED) is 0.471. The fraction of sp³-hybridized carbons (Fsp3) is 0. The van der Waals surface area contributed by atoms with Gasteiger partial charge >= 0.3 is 0 Å². The number of nitrogens with one attached hydrogen (secondary N) is 1. The first-order valence-electron chi connectivity index (χ1n) is 7.80. The summed E-state index contributed by atoms with van der Waals surface area (Å²) in [6.45, 7) is 0. The zero-order chi connectivity index (χ0) is 15.5. The number of fused-ring (bicyclic) bond motifs is 1. The van der Waals surface area contributed by atoms with Crippen LogP contribution in [0.2, 0.25) is 0 Å². The average molecular weight is 295 g/mol. The molecule has 110 valence electrons. The molecule has 0 unspecified atom stereocenters. The zero-order valence-electron chi connectivity index (χ0n) is 12.7. The second-order valence-electron chi connectivity index (χ2n) is 5.60. The van der Waals surface area contributed by atoms with Crippen LogP contribution in [0.1, 0.15) is 0 Å². The minimum atomic E-state index is 1.10. The monoisotopic (exact) mass is 295 g/mol.